The highest BCUT2D eigenvalue weighted by Gasteiger charge is 2.30. The molecule has 0 unspecified atom stereocenters. The molecule has 1 saturated heterocycles. The molecule has 1 aliphatic rings. The van der Waals surface area contributed by atoms with E-state index in [0.29, 0.717) is 11.5 Å². The van der Waals surface area contributed by atoms with E-state index in [1.165, 1.54) is 5.56 Å². The first-order valence-corrected chi connectivity index (χ1v) is 8.60. The number of rotatable bonds is 3. The van der Waals surface area contributed by atoms with Crippen LogP contribution in [-0.2, 0) is 16.4 Å². The van der Waals surface area contributed by atoms with Crippen LogP contribution in [0.3, 0.4) is 0 Å². The molecular weight excluding hydrogens is 272 g/mol. The first kappa shape index (κ1) is 13.5. The number of hydrogen-bond acceptors (Lipinski definition) is 4. The monoisotopic (exact) mass is 290 g/mol. The zero-order valence-corrected chi connectivity index (χ0v) is 12.3. The Bertz CT molecular complexity index is 727. The van der Waals surface area contributed by atoms with Crippen molar-refractivity contribution in [3.8, 4) is 0 Å². The summed E-state index contributed by atoms with van der Waals surface area (Å²) in [7, 11) is -0.820. The molecule has 1 fully saturated rings. The fraction of sp³-hybridized carbons (Fsp3) is 0.400. The molecule has 5 heteroatoms. The van der Waals surface area contributed by atoms with Gasteiger partial charge in [0, 0.05) is 24.2 Å². The Hall–Kier alpha value is -1.46. The molecule has 3 rings (SSSR count). The third kappa shape index (κ3) is 2.83. The molecule has 1 aliphatic heterocycles. The third-order valence-corrected chi connectivity index (χ3v) is 5.68. The summed E-state index contributed by atoms with van der Waals surface area (Å²) in [5, 5.41) is 1.12. The number of aromatic nitrogens is 1. The van der Waals surface area contributed by atoms with E-state index in [4.69, 9.17) is 0 Å². The highest BCUT2D eigenvalue weighted by molar-refractivity contribution is 7.91. The number of sulfone groups is 1. The second-order valence-corrected chi connectivity index (χ2v) is 7.73. The lowest BCUT2D eigenvalue weighted by Crippen LogP contribution is -2.32. The molecule has 2 heterocycles. The normalized spacial score (nSPS) is 21.6. The van der Waals surface area contributed by atoms with Gasteiger partial charge >= 0.3 is 0 Å². The lowest BCUT2D eigenvalue weighted by atomic mass is 10.1. The standard InChI is InChI=1S/C15H18N2O2S/c1-17(14-6-8-20(18,19)11-14)10-12-4-5-15-13(9-12)3-2-7-16-15/h2-5,7,9,14H,6,8,10-11H2,1H3/t14-/m1/s1. The van der Waals surface area contributed by atoms with Gasteiger partial charge in [0.25, 0.3) is 0 Å². The van der Waals surface area contributed by atoms with Crippen LogP contribution in [-0.4, -0.2) is 42.9 Å². The molecule has 0 N–H and O–H groups in total. The largest absolute Gasteiger partial charge is 0.298 e. The van der Waals surface area contributed by atoms with Gasteiger partial charge in [0.1, 0.15) is 0 Å². The zero-order chi connectivity index (χ0) is 14.2. The van der Waals surface area contributed by atoms with Crippen LogP contribution in [0.5, 0.6) is 0 Å². The molecule has 0 bridgehead atoms. The van der Waals surface area contributed by atoms with Gasteiger partial charge in [-0.25, -0.2) is 8.42 Å². The zero-order valence-electron chi connectivity index (χ0n) is 11.5. The molecule has 106 valence electrons. The predicted molar refractivity (Wildman–Crippen MR) is 80.3 cm³/mol. The van der Waals surface area contributed by atoms with Gasteiger partial charge in [-0.1, -0.05) is 12.1 Å². The van der Waals surface area contributed by atoms with Crippen LogP contribution in [0.25, 0.3) is 10.9 Å². The van der Waals surface area contributed by atoms with Crippen molar-refractivity contribution in [1.82, 2.24) is 9.88 Å². The van der Waals surface area contributed by atoms with Crippen LogP contribution in [0.4, 0.5) is 0 Å². The quantitative estimate of drug-likeness (QED) is 0.865. The number of nitrogens with zero attached hydrogens (tertiary/aromatic N) is 2. The molecule has 1 atom stereocenters. The van der Waals surface area contributed by atoms with Crippen LogP contribution in [0, 0.1) is 0 Å². The van der Waals surface area contributed by atoms with Gasteiger partial charge in [-0.05, 0) is 37.2 Å². The predicted octanol–water partition coefficient (Wildman–Crippen LogP) is 1.85. The fourth-order valence-electron chi connectivity index (χ4n) is 2.76. The Morgan fingerprint density at radius 3 is 2.95 bits per heavy atom. The van der Waals surface area contributed by atoms with E-state index in [0.717, 1.165) is 23.9 Å². The molecule has 0 radical (unpaired) electrons. The molecule has 0 saturated carbocycles. The van der Waals surface area contributed by atoms with Gasteiger partial charge in [0.05, 0.1) is 17.0 Å². The fourth-order valence-corrected chi connectivity index (χ4v) is 4.57. The summed E-state index contributed by atoms with van der Waals surface area (Å²) in [5.41, 5.74) is 2.18. The van der Waals surface area contributed by atoms with E-state index in [1.54, 1.807) is 6.20 Å². The molecule has 1 aromatic heterocycles. The van der Waals surface area contributed by atoms with Gasteiger partial charge in [-0.15, -0.1) is 0 Å². The van der Waals surface area contributed by atoms with Gasteiger partial charge in [-0.3, -0.25) is 9.88 Å². The topological polar surface area (TPSA) is 50.3 Å². The van der Waals surface area contributed by atoms with E-state index in [2.05, 4.69) is 22.0 Å². The highest BCUT2D eigenvalue weighted by Crippen LogP contribution is 2.20. The second kappa shape index (κ2) is 5.14. The van der Waals surface area contributed by atoms with E-state index in [-0.39, 0.29) is 6.04 Å². The minimum absolute atomic E-state index is 0.143. The maximum Gasteiger partial charge on any atom is 0.151 e. The number of benzene rings is 1. The Balaban J connectivity index is 1.76. The number of pyridine rings is 1. The average molecular weight is 290 g/mol. The maximum absolute atomic E-state index is 11.5. The summed E-state index contributed by atoms with van der Waals surface area (Å²) in [5.74, 6) is 0.613. The molecule has 0 amide bonds. The summed E-state index contributed by atoms with van der Waals surface area (Å²) < 4.78 is 23.1. The summed E-state index contributed by atoms with van der Waals surface area (Å²) in [4.78, 5) is 6.45. The van der Waals surface area contributed by atoms with Crippen LogP contribution in [0.1, 0.15) is 12.0 Å². The van der Waals surface area contributed by atoms with E-state index < -0.39 is 9.84 Å². The van der Waals surface area contributed by atoms with Crippen LogP contribution < -0.4 is 0 Å². The minimum Gasteiger partial charge on any atom is -0.298 e. The number of hydrogen-bond donors (Lipinski definition) is 0. The molecule has 4 nitrogen and oxygen atoms in total. The van der Waals surface area contributed by atoms with Gasteiger partial charge < -0.3 is 0 Å². The van der Waals surface area contributed by atoms with Crippen molar-refractivity contribution in [3.05, 3.63) is 42.1 Å². The van der Waals surface area contributed by atoms with Crippen molar-refractivity contribution < 1.29 is 8.42 Å². The van der Waals surface area contributed by atoms with Crippen LogP contribution >= 0.6 is 0 Å². The summed E-state index contributed by atoms with van der Waals surface area (Å²) in [6.07, 6.45) is 2.53. The lowest BCUT2D eigenvalue weighted by Gasteiger charge is -2.23. The van der Waals surface area contributed by atoms with Gasteiger partial charge in [-0.2, -0.15) is 0 Å². The molecule has 1 aromatic carbocycles. The lowest BCUT2D eigenvalue weighted by molar-refractivity contribution is 0.254. The average Bonchev–Trinajstić information content (AvgIpc) is 2.79. The van der Waals surface area contributed by atoms with Crippen molar-refractivity contribution >= 4 is 20.7 Å². The Labute approximate surface area is 119 Å². The van der Waals surface area contributed by atoms with Crippen molar-refractivity contribution in [1.29, 1.82) is 0 Å². The van der Waals surface area contributed by atoms with Crippen molar-refractivity contribution in [2.75, 3.05) is 18.6 Å². The molecule has 2 aromatic rings. The molecule has 20 heavy (non-hydrogen) atoms. The Morgan fingerprint density at radius 1 is 1.35 bits per heavy atom. The second-order valence-electron chi connectivity index (χ2n) is 5.50. The first-order valence-electron chi connectivity index (χ1n) is 6.78. The van der Waals surface area contributed by atoms with Gasteiger partial charge in [0.15, 0.2) is 9.84 Å². The summed E-state index contributed by atoms with van der Waals surface area (Å²) >= 11 is 0. The Kier molecular flexibility index (Phi) is 3.48. The maximum atomic E-state index is 11.5. The summed E-state index contributed by atoms with van der Waals surface area (Å²) in [6, 6.07) is 10.3. The van der Waals surface area contributed by atoms with Crippen molar-refractivity contribution in [2.45, 2.75) is 19.0 Å². The van der Waals surface area contributed by atoms with Crippen molar-refractivity contribution in [2.24, 2.45) is 0 Å². The third-order valence-electron chi connectivity index (χ3n) is 3.93. The Morgan fingerprint density at radius 2 is 2.20 bits per heavy atom. The van der Waals surface area contributed by atoms with E-state index >= 15 is 0 Å². The van der Waals surface area contributed by atoms with E-state index in [1.807, 2.05) is 25.2 Å². The SMILES string of the molecule is CN(Cc1ccc2ncccc2c1)[C@@H]1CCS(=O)(=O)C1. The van der Waals surface area contributed by atoms with Crippen LogP contribution in [0.2, 0.25) is 0 Å². The number of fused-ring (bicyclic) bond motifs is 1. The van der Waals surface area contributed by atoms with Gasteiger partial charge in [0.2, 0.25) is 0 Å². The van der Waals surface area contributed by atoms with E-state index in [9.17, 15) is 8.42 Å². The summed E-state index contributed by atoms with van der Waals surface area (Å²) in [6.45, 7) is 0.769. The van der Waals surface area contributed by atoms with Crippen molar-refractivity contribution in [3.63, 3.8) is 0 Å². The smallest absolute Gasteiger partial charge is 0.151 e. The first-order chi connectivity index (χ1) is 9.53. The highest BCUT2D eigenvalue weighted by atomic mass is 32.2. The molecule has 0 spiro atoms. The molecule has 0 aliphatic carbocycles. The molecular formula is C15H18N2O2S. The minimum atomic E-state index is -2.82. The van der Waals surface area contributed by atoms with Crippen LogP contribution in [0.15, 0.2) is 36.5 Å².